The van der Waals surface area contributed by atoms with Crippen molar-refractivity contribution in [3.8, 4) is 0 Å². The molecular formula is C36H50N2. The smallest absolute Gasteiger partial charge is 0.0708 e. The maximum Gasteiger partial charge on any atom is 0.0708 e. The van der Waals surface area contributed by atoms with Crippen LogP contribution in [0.2, 0.25) is 0 Å². The van der Waals surface area contributed by atoms with Crippen LogP contribution in [0.15, 0.2) is 75.4 Å². The average Bonchev–Trinajstić information content (AvgIpc) is 2.84. The standard InChI is InChI=1S/C36H50N2/c1-8-25(3)36(29(7)23-30(9-2)32-18-20-38(21-19-32)34-14-11-15-34)37-35(24-28(6)31-12-10-13-31)33-17-16-26(4)27(5)22-33/h9,16-18,22-25,34H,8,10-15,19-21H2,1-7H3/b29-23-,30-9+,35-24-,37-36+. The van der Waals surface area contributed by atoms with E-state index in [0.717, 1.165) is 31.1 Å². The predicted molar refractivity (Wildman–Crippen MR) is 167 cm³/mol. The summed E-state index contributed by atoms with van der Waals surface area (Å²) in [7, 11) is 0. The van der Waals surface area contributed by atoms with Gasteiger partial charge in [0.25, 0.3) is 0 Å². The van der Waals surface area contributed by atoms with Crippen LogP contribution in [-0.2, 0) is 0 Å². The summed E-state index contributed by atoms with van der Waals surface area (Å²) in [5, 5.41) is 0. The number of aryl methyl sites for hydroxylation is 2. The van der Waals surface area contributed by atoms with E-state index in [1.165, 1.54) is 89.8 Å². The summed E-state index contributed by atoms with van der Waals surface area (Å²) in [5.41, 5.74) is 13.4. The van der Waals surface area contributed by atoms with Gasteiger partial charge in [-0.2, -0.15) is 0 Å². The number of benzene rings is 1. The van der Waals surface area contributed by atoms with Crippen molar-refractivity contribution in [1.82, 2.24) is 4.90 Å². The Morgan fingerprint density at radius 3 is 2.34 bits per heavy atom. The molecule has 0 radical (unpaired) electrons. The number of aliphatic imine (C=N–C) groups is 1. The number of nitrogens with zero attached hydrogens (tertiary/aromatic N) is 2. The molecule has 2 aliphatic carbocycles. The number of rotatable bonds is 9. The van der Waals surface area contributed by atoms with Crippen molar-refractivity contribution in [2.45, 2.75) is 106 Å². The van der Waals surface area contributed by atoms with Gasteiger partial charge in [-0.25, -0.2) is 0 Å². The van der Waals surface area contributed by atoms with Crippen LogP contribution in [0.3, 0.4) is 0 Å². The molecular weight excluding hydrogens is 460 g/mol. The molecule has 2 heteroatoms. The van der Waals surface area contributed by atoms with Gasteiger partial charge in [-0.05, 0) is 131 Å². The number of allylic oxidation sites excluding steroid dienone is 7. The van der Waals surface area contributed by atoms with Gasteiger partial charge in [0, 0.05) is 30.4 Å². The van der Waals surface area contributed by atoms with Gasteiger partial charge in [0.05, 0.1) is 5.70 Å². The highest BCUT2D eigenvalue weighted by Gasteiger charge is 2.26. The molecule has 0 bridgehead atoms. The van der Waals surface area contributed by atoms with Crippen molar-refractivity contribution in [2.24, 2.45) is 10.9 Å². The van der Waals surface area contributed by atoms with Gasteiger partial charge in [0.1, 0.15) is 0 Å². The molecule has 0 amide bonds. The molecule has 4 rings (SSSR count). The second kappa shape index (κ2) is 13.1. The van der Waals surface area contributed by atoms with Crippen molar-refractivity contribution < 1.29 is 0 Å². The second-order valence-electron chi connectivity index (χ2n) is 11.9. The van der Waals surface area contributed by atoms with E-state index in [1.54, 1.807) is 5.57 Å². The Morgan fingerprint density at radius 2 is 1.82 bits per heavy atom. The molecule has 2 saturated carbocycles. The molecule has 1 aromatic carbocycles. The van der Waals surface area contributed by atoms with Crippen LogP contribution in [0.5, 0.6) is 0 Å². The van der Waals surface area contributed by atoms with Gasteiger partial charge >= 0.3 is 0 Å². The van der Waals surface area contributed by atoms with Crippen molar-refractivity contribution >= 4 is 11.4 Å². The molecule has 0 saturated heterocycles. The third-order valence-corrected chi connectivity index (χ3v) is 9.28. The van der Waals surface area contributed by atoms with E-state index < -0.39 is 0 Å². The van der Waals surface area contributed by atoms with Gasteiger partial charge in [-0.1, -0.05) is 56.2 Å². The van der Waals surface area contributed by atoms with Crippen LogP contribution in [0, 0.1) is 19.8 Å². The van der Waals surface area contributed by atoms with Crippen LogP contribution in [0.25, 0.3) is 5.70 Å². The molecule has 0 N–H and O–H groups in total. The third-order valence-electron chi connectivity index (χ3n) is 9.28. The fourth-order valence-electron chi connectivity index (χ4n) is 5.75. The van der Waals surface area contributed by atoms with Crippen LogP contribution < -0.4 is 0 Å². The van der Waals surface area contributed by atoms with E-state index in [-0.39, 0.29) is 0 Å². The summed E-state index contributed by atoms with van der Waals surface area (Å²) in [6.07, 6.45) is 19.8. The summed E-state index contributed by atoms with van der Waals surface area (Å²) in [5.74, 6) is 0.394. The summed E-state index contributed by atoms with van der Waals surface area (Å²) in [6, 6.07) is 7.64. The van der Waals surface area contributed by atoms with Crippen LogP contribution in [0.1, 0.15) is 103 Å². The van der Waals surface area contributed by atoms with Gasteiger partial charge in [0.15, 0.2) is 0 Å². The van der Waals surface area contributed by atoms with Crippen molar-refractivity contribution in [2.75, 3.05) is 13.1 Å². The Hall–Kier alpha value is -2.45. The zero-order valence-corrected chi connectivity index (χ0v) is 25.2. The normalized spacial score (nSPS) is 21.1. The van der Waals surface area contributed by atoms with Gasteiger partial charge < -0.3 is 0 Å². The fraction of sp³-hybridized carbons (Fsp3) is 0.528. The van der Waals surface area contributed by atoms with E-state index in [9.17, 15) is 0 Å². The first-order valence-corrected chi connectivity index (χ1v) is 15.2. The SMILES string of the molecule is C\C=C(/C=C(C)\C(=N\C(=C/C(C)=C1CCC1)c1ccc(C)c(C)c1)C(C)CC)C1=CCN(C2CCC2)CC1. The Bertz CT molecular complexity index is 1190. The molecule has 1 aromatic rings. The Labute approximate surface area is 233 Å². The summed E-state index contributed by atoms with van der Waals surface area (Å²) < 4.78 is 0. The number of hydrogen-bond donors (Lipinski definition) is 0. The van der Waals surface area contributed by atoms with Crippen molar-refractivity contribution in [3.05, 3.63) is 87.1 Å². The minimum absolute atomic E-state index is 0.394. The summed E-state index contributed by atoms with van der Waals surface area (Å²) in [4.78, 5) is 8.16. The summed E-state index contributed by atoms with van der Waals surface area (Å²) >= 11 is 0. The third kappa shape index (κ3) is 6.75. The Kier molecular flexibility index (Phi) is 9.82. The Morgan fingerprint density at radius 1 is 1.05 bits per heavy atom. The number of hydrogen-bond acceptors (Lipinski definition) is 2. The minimum atomic E-state index is 0.394. The first kappa shape index (κ1) is 28.6. The first-order chi connectivity index (χ1) is 18.3. The second-order valence-corrected chi connectivity index (χ2v) is 11.9. The van der Waals surface area contributed by atoms with E-state index >= 15 is 0 Å². The topological polar surface area (TPSA) is 15.6 Å². The monoisotopic (exact) mass is 510 g/mol. The zero-order valence-electron chi connectivity index (χ0n) is 25.2. The average molecular weight is 511 g/mol. The maximum atomic E-state index is 5.48. The van der Waals surface area contributed by atoms with Crippen LogP contribution in [0.4, 0.5) is 0 Å². The maximum absolute atomic E-state index is 5.48. The van der Waals surface area contributed by atoms with Gasteiger partial charge in [-0.15, -0.1) is 0 Å². The lowest BCUT2D eigenvalue weighted by molar-refractivity contribution is 0.138. The van der Waals surface area contributed by atoms with Crippen LogP contribution in [-0.4, -0.2) is 29.7 Å². The molecule has 2 nitrogen and oxygen atoms in total. The fourth-order valence-corrected chi connectivity index (χ4v) is 5.75. The highest BCUT2D eigenvalue weighted by molar-refractivity contribution is 6.04. The predicted octanol–water partition coefficient (Wildman–Crippen LogP) is 9.71. The molecule has 1 unspecified atom stereocenters. The molecule has 1 heterocycles. The highest BCUT2D eigenvalue weighted by atomic mass is 15.2. The zero-order chi connectivity index (χ0) is 27.2. The molecule has 1 aliphatic heterocycles. The van der Waals surface area contributed by atoms with Crippen molar-refractivity contribution in [1.29, 1.82) is 0 Å². The molecule has 0 aromatic heterocycles. The lowest BCUT2D eigenvalue weighted by Gasteiger charge is -2.39. The quantitative estimate of drug-likeness (QED) is 0.238. The molecule has 38 heavy (non-hydrogen) atoms. The van der Waals surface area contributed by atoms with E-state index in [0.29, 0.717) is 5.92 Å². The molecule has 2 fully saturated rings. The minimum Gasteiger partial charge on any atom is -0.296 e. The van der Waals surface area contributed by atoms with E-state index in [4.69, 9.17) is 4.99 Å². The highest BCUT2D eigenvalue weighted by Crippen LogP contribution is 2.33. The Balaban J connectivity index is 1.69. The lowest BCUT2D eigenvalue weighted by Crippen LogP contribution is -2.42. The first-order valence-electron chi connectivity index (χ1n) is 15.2. The van der Waals surface area contributed by atoms with E-state index in [1.807, 2.05) is 0 Å². The van der Waals surface area contributed by atoms with Gasteiger partial charge in [-0.3, -0.25) is 9.89 Å². The largest absolute Gasteiger partial charge is 0.296 e. The summed E-state index contributed by atoms with van der Waals surface area (Å²) in [6.45, 7) is 18.0. The molecule has 0 spiro atoms. The van der Waals surface area contributed by atoms with Crippen molar-refractivity contribution in [3.63, 3.8) is 0 Å². The van der Waals surface area contributed by atoms with Crippen LogP contribution >= 0.6 is 0 Å². The molecule has 3 aliphatic rings. The van der Waals surface area contributed by atoms with Gasteiger partial charge in [0.2, 0.25) is 0 Å². The molecule has 204 valence electrons. The molecule has 1 atom stereocenters. The lowest BCUT2D eigenvalue weighted by atomic mass is 9.87. The van der Waals surface area contributed by atoms with E-state index in [2.05, 4.69) is 95.9 Å².